The van der Waals surface area contributed by atoms with Crippen molar-refractivity contribution in [3.8, 4) is 0 Å². The largest absolute Gasteiger partial charge is 0.409 e. The van der Waals surface area contributed by atoms with Crippen molar-refractivity contribution in [1.82, 2.24) is 4.98 Å². The predicted molar refractivity (Wildman–Crippen MR) is 69.2 cm³/mol. The fraction of sp³-hybridized carbons (Fsp3) is 0.455. The molecule has 0 bridgehead atoms. The molecular formula is C11H17N3O2S. The van der Waals surface area contributed by atoms with Crippen molar-refractivity contribution in [2.45, 2.75) is 12.7 Å². The highest BCUT2D eigenvalue weighted by atomic mass is 32.2. The number of nitrogens with zero attached hydrogens (tertiary/aromatic N) is 2. The summed E-state index contributed by atoms with van der Waals surface area (Å²) in [6.45, 7) is 2.17. The minimum Gasteiger partial charge on any atom is -0.409 e. The number of thioether (sulfide) groups is 1. The molecule has 0 saturated heterocycles. The van der Waals surface area contributed by atoms with Gasteiger partial charge >= 0.3 is 0 Å². The van der Waals surface area contributed by atoms with Crippen molar-refractivity contribution in [3.05, 3.63) is 29.6 Å². The molecule has 94 valence electrons. The standard InChI is InChI=1S/C11H17N3O2S/c1-8(5-15)6-17-7-9-3-2-4-13-10(9)11(12)14-16/h2-4,8,15-16H,5-7H2,1H3,(H2,12,14). The third-order valence-electron chi connectivity index (χ3n) is 2.21. The molecule has 0 saturated carbocycles. The van der Waals surface area contributed by atoms with Crippen molar-refractivity contribution < 1.29 is 10.3 Å². The molecule has 17 heavy (non-hydrogen) atoms. The van der Waals surface area contributed by atoms with E-state index in [1.807, 2.05) is 19.1 Å². The molecule has 5 nitrogen and oxygen atoms in total. The lowest BCUT2D eigenvalue weighted by atomic mass is 10.2. The number of amidine groups is 1. The highest BCUT2D eigenvalue weighted by Crippen LogP contribution is 2.17. The number of aliphatic hydroxyl groups is 1. The SMILES string of the molecule is CC(CO)CSCc1cccnc1C(N)=NO. The van der Waals surface area contributed by atoms with Gasteiger partial charge in [0.25, 0.3) is 0 Å². The first-order valence-corrected chi connectivity index (χ1v) is 6.45. The van der Waals surface area contributed by atoms with Crippen LogP contribution < -0.4 is 5.73 Å². The Labute approximate surface area is 105 Å². The van der Waals surface area contributed by atoms with Crippen LogP contribution in [-0.2, 0) is 5.75 Å². The molecule has 1 rings (SSSR count). The van der Waals surface area contributed by atoms with Gasteiger partial charge in [-0.15, -0.1) is 0 Å². The van der Waals surface area contributed by atoms with Gasteiger partial charge in [0.15, 0.2) is 5.84 Å². The third kappa shape index (κ3) is 4.24. The smallest absolute Gasteiger partial charge is 0.189 e. The molecule has 0 aromatic carbocycles. The minimum atomic E-state index is 0.0245. The van der Waals surface area contributed by atoms with Gasteiger partial charge in [-0.05, 0) is 23.3 Å². The number of pyridine rings is 1. The topological polar surface area (TPSA) is 91.7 Å². The van der Waals surface area contributed by atoms with Crippen molar-refractivity contribution in [2.24, 2.45) is 16.8 Å². The molecule has 1 atom stereocenters. The van der Waals surface area contributed by atoms with Gasteiger partial charge in [-0.1, -0.05) is 18.1 Å². The van der Waals surface area contributed by atoms with Crippen LogP contribution in [0.15, 0.2) is 23.5 Å². The normalized spacial score (nSPS) is 13.6. The second-order valence-electron chi connectivity index (χ2n) is 3.80. The summed E-state index contributed by atoms with van der Waals surface area (Å²) in [5.74, 6) is 1.88. The van der Waals surface area contributed by atoms with Crippen LogP contribution in [0, 0.1) is 5.92 Å². The summed E-state index contributed by atoms with van der Waals surface area (Å²) in [6, 6.07) is 3.72. The van der Waals surface area contributed by atoms with Crippen molar-refractivity contribution in [1.29, 1.82) is 0 Å². The van der Waals surface area contributed by atoms with Gasteiger partial charge in [0.1, 0.15) is 5.69 Å². The van der Waals surface area contributed by atoms with E-state index in [-0.39, 0.29) is 18.4 Å². The molecule has 6 heteroatoms. The van der Waals surface area contributed by atoms with Gasteiger partial charge in [-0.25, -0.2) is 0 Å². The monoisotopic (exact) mass is 255 g/mol. The average molecular weight is 255 g/mol. The minimum absolute atomic E-state index is 0.0245. The van der Waals surface area contributed by atoms with Crippen LogP contribution in [0.2, 0.25) is 0 Å². The first-order chi connectivity index (χ1) is 8.19. The molecule has 0 amide bonds. The summed E-state index contributed by atoms with van der Waals surface area (Å²) < 4.78 is 0. The predicted octanol–water partition coefficient (Wildman–Crippen LogP) is 1.04. The second kappa shape index (κ2) is 7.13. The zero-order valence-electron chi connectivity index (χ0n) is 9.71. The van der Waals surface area contributed by atoms with Crippen LogP contribution >= 0.6 is 11.8 Å². The molecule has 1 unspecified atom stereocenters. The van der Waals surface area contributed by atoms with E-state index in [0.717, 1.165) is 17.1 Å². The molecule has 4 N–H and O–H groups in total. The second-order valence-corrected chi connectivity index (χ2v) is 4.83. The van der Waals surface area contributed by atoms with Crippen molar-refractivity contribution >= 4 is 17.6 Å². The molecule has 1 aromatic heterocycles. The van der Waals surface area contributed by atoms with E-state index in [1.165, 1.54) is 0 Å². The highest BCUT2D eigenvalue weighted by molar-refractivity contribution is 7.98. The van der Waals surface area contributed by atoms with Gasteiger partial charge in [0, 0.05) is 18.6 Å². The summed E-state index contributed by atoms with van der Waals surface area (Å²) in [5.41, 5.74) is 6.98. The summed E-state index contributed by atoms with van der Waals surface area (Å²) >= 11 is 1.69. The van der Waals surface area contributed by atoms with Crippen LogP contribution in [-0.4, -0.2) is 33.5 Å². The van der Waals surface area contributed by atoms with Gasteiger partial charge in [-0.3, -0.25) is 4.98 Å². The maximum atomic E-state index is 8.91. The quantitative estimate of drug-likeness (QED) is 0.306. The molecular weight excluding hydrogens is 238 g/mol. The lowest BCUT2D eigenvalue weighted by Crippen LogP contribution is -2.17. The average Bonchev–Trinajstić information content (AvgIpc) is 2.38. The number of aromatic nitrogens is 1. The molecule has 0 fully saturated rings. The van der Waals surface area contributed by atoms with Gasteiger partial charge < -0.3 is 16.0 Å². The highest BCUT2D eigenvalue weighted by Gasteiger charge is 2.08. The van der Waals surface area contributed by atoms with Crippen LogP contribution in [0.1, 0.15) is 18.2 Å². The molecule has 1 heterocycles. The maximum Gasteiger partial charge on any atom is 0.189 e. The number of hydrogen-bond donors (Lipinski definition) is 3. The van der Waals surface area contributed by atoms with Crippen LogP contribution in [0.5, 0.6) is 0 Å². The Morgan fingerprint density at radius 2 is 2.41 bits per heavy atom. The first-order valence-electron chi connectivity index (χ1n) is 5.29. The van der Waals surface area contributed by atoms with Crippen LogP contribution in [0.3, 0.4) is 0 Å². The summed E-state index contributed by atoms with van der Waals surface area (Å²) in [6.07, 6.45) is 1.61. The Bertz CT molecular complexity index is 385. The summed E-state index contributed by atoms with van der Waals surface area (Å²) in [4.78, 5) is 4.09. The first kappa shape index (κ1) is 13.8. The van der Waals surface area contributed by atoms with E-state index in [4.69, 9.17) is 16.0 Å². The lowest BCUT2D eigenvalue weighted by Gasteiger charge is -2.09. The van der Waals surface area contributed by atoms with E-state index in [2.05, 4.69) is 10.1 Å². The maximum absolute atomic E-state index is 8.91. The Kier molecular flexibility index (Phi) is 5.79. The molecule has 0 aliphatic rings. The van der Waals surface area contributed by atoms with Crippen molar-refractivity contribution in [3.63, 3.8) is 0 Å². The summed E-state index contributed by atoms with van der Waals surface area (Å²) in [7, 11) is 0. The Balaban J connectivity index is 2.64. The fourth-order valence-electron chi connectivity index (χ4n) is 1.26. The zero-order chi connectivity index (χ0) is 12.7. The van der Waals surface area contributed by atoms with Crippen LogP contribution in [0.4, 0.5) is 0 Å². The Morgan fingerprint density at radius 1 is 1.65 bits per heavy atom. The van der Waals surface area contributed by atoms with Gasteiger partial charge in [0.2, 0.25) is 0 Å². The van der Waals surface area contributed by atoms with E-state index in [1.54, 1.807) is 18.0 Å². The third-order valence-corrected chi connectivity index (χ3v) is 3.53. The van der Waals surface area contributed by atoms with E-state index in [9.17, 15) is 0 Å². The van der Waals surface area contributed by atoms with Gasteiger partial charge in [-0.2, -0.15) is 11.8 Å². The van der Waals surface area contributed by atoms with Gasteiger partial charge in [0.05, 0.1) is 0 Å². The fourth-order valence-corrected chi connectivity index (χ4v) is 2.33. The van der Waals surface area contributed by atoms with E-state index >= 15 is 0 Å². The Morgan fingerprint density at radius 3 is 3.06 bits per heavy atom. The summed E-state index contributed by atoms with van der Waals surface area (Å²) in [5, 5.41) is 20.5. The van der Waals surface area contributed by atoms with Crippen molar-refractivity contribution in [2.75, 3.05) is 12.4 Å². The number of nitrogens with two attached hydrogens (primary N) is 1. The number of hydrogen-bond acceptors (Lipinski definition) is 5. The van der Waals surface area contributed by atoms with Crippen LogP contribution in [0.25, 0.3) is 0 Å². The number of oxime groups is 1. The molecule has 0 radical (unpaired) electrons. The molecule has 0 spiro atoms. The van der Waals surface area contributed by atoms with E-state index in [0.29, 0.717) is 5.69 Å². The van der Waals surface area contributed by atoms with E-state index < -0.39 is 0 Å². The lowest BCUT2D eigenvalue weighted by molar-refractivity contribution is 0.250. The molecule has 1 aromatic rings. The zero-order valence-corrected chi connectivity index (χ0v) is 10.5. The number of aliphatic hydroxyl groups excluding tert-OH is 1. The molecule has 0 aliphatic carbocycles. The Hall–Kier alpha value is -1.27. The molecule has 0 aliphatic heterocycles. The number of rotatable bonds is 6.